The average Bonchev–Trinajstić information content (AvgIpc) is 2.53. The Morgan fingerprint density at radius 3 is 2.33 bits per heavy atom. The maximum absolute atomic E-state index is 13.0. The molecule has 2 N–H and O–H groups in total. The van der Waals surface area contributed by atoms with Crippen molar-refractivity contribution in [2.24, 2.45) is 0 Å². The van der Waals surface area contributed by atoms with Gasteiger partial charge >= 0.3 is 0 Å². The number of hydrogen-bond donors (Lipinski definition) is 2. The van der Waals surface area contributed by atoms with Crippen LogP contribution in [-0.4, -0.2) is 18.3 Å². The molecule has 2 aromatic rings. The Balaban J connectivity index is 2.02. The monoisotopic (exact) mass is 289 g/mol. The third-order valence-corrected chi connectivity index (χ3v) is 3.24. The van der Waals surface area contributed by atoms with Crippen molar-refractivity contribution in [3.05, 3.63) is 59.9 Å². The van der Waals surface area contributed by atoms with Gasteiger partial charge in [0.15, 0.2) is 0 Å². The van der Waals surface area contributed by atoms with Gasteiger partial charge in [0.2, 0.25) is 0 Å². The number of ether oxygens (including phenoxy) is 1. The molecule has 0 heterocycles. The molecule has 0 aliphatic rings. The van der Waals surface area contributed by atoms with E-state index in [1.165, 1.54) is 12.1 Å². The van der Waals surface area contributed by atoms with E-state index in [2.05, 4.69) is 12.2 Å². The van der Waals surface area contributed by atoms with Crippen LogP contribution in [0.5, 0.6) is 5.75 Å². The van der Waals surface area contributed by atoms with E-state index >= 15 is 0 Å². The molecular weight excluding hydrogens is 269 g/mol. The Labute approximate surface area is 124 Å². The van der Waals surface area contributed by atoms with E-state index in [0.29, 0.717) is 6.61 Å². The molecule has 21 heavy (non-hydrogen) atoms. The predicted molar refractivity (Wildman–Crippen MR) is 82.1 cm³/mol. The van der Waals surface area contributed by atoms with Gasteiger partial charge in [-0.25, -0.2) is 4.39 Å². The zero-order chi connectivity index (χ0) is 15.1. The highest BCUT2D eigenvalue weighted by atomic mass is 19.1. The lowest BCUT2D eigenvalue weighted by atomic mass is 10.0. The highest BCUT2D eigenvalue weighted by Crippen LogP contribution is 2.24. The molecule has 2 rings (SSSR count). The van der Waals surface area contributed by atoms with Crippen LogP contribution in [0.2, 0.25) is 0 Å². The van der Waals surface area contributed by atoms with E-state index in [9.17, 15) is 4.39 Å². The number of halogens is 1. The maximum Gasteiger partial charge on any atom is 0.123 e. The number of hydrogen-bond acceptors (Lipinski definition) is 3. The largest absolute Gasteiger partial charge is 0.491 e. The summed E-state index contributed by atoms with van der Waals surface area (Å²) in [5, 5.41) is 12.1. The second kappa shape index (κ2) is 7.64. The third-order valence-electron chi connectivity index (χ3n) is 3.24. The van der Waals surface area contributed by atoms with Gasteiger partial charge in [-0.15, -0.1) is 0 Å². The Morgan fingerprint density at radius 1 is 1.10 bits per heavy atom. The predicted octanol–water partition coefficient (Wildman–Crippen LogP) is 3.76. The highest BCUT2D eigenvalue weighted by Gasteiger charge is 2.09. The fraction of sp³-hybridized carbons (Fsp3) is 0.294. The Morgan fingerprint density at radius 2 is 1.76 bits per heavy atom. The number of benzene rings is 2. The van der Waals surface area contributed by atoms with Crippen molar-refractivity contribution in [3.8, 4) is 5.75 Å². The summed E-state index contributed by atoms with van der Waals surface area (Å²) in [4.78, 5) is 0. The summed E-state index contributed by atoms with van der Waals surface area (Å²) >= 11 is 0. The number of aliphatic hydroxyl groups excluding tert-OH is 1. The SMILES string of the molecule is CCC(Nc1ccc(OCCO)cc1)c1ccc(F)cc1. The fourth-order valence-electron chi connectivity index (χ4n) is 2.13. The molecule has 3 nitrogen and oxygen atoms in total. The molecular formula is C17H20FNO2. The second-order valence-electron chi connectivity index (χ2n) is 4.75. The van der Waals surface area contributed by atoms with Crippen LogP contribution in [-0.2, 0) is 0 Å². The molecule has 1 unspecified atom stereocenters. The van der Waals surface area contributed by atoms with Gasteiger partial charge in [0.05, 0.1) is 12.6 Å². The van der Waals surface area contributed by atoms with E-state index < -0.39 is 0 Å². The topological polar surface area (TPSA) is 41.5 Å². The van der Waals surface area contributed by atoms with E-state index in [1.54, 1.807) is 12.1 Å². The van der Waals surface area contributed by atoms with Gasteiger partial charge in [-0.05, 0) is 48.4 Å². The third kappa shape index (κ3) is 4.46. The van der Waals surface area contributed by atoms with Gasteiger partial charge in [0.1, 0.15) is 18.2 Å². The number of anilines is 1. The van der Waals surface area contributed by atoms with Crippen LogP contribution in [0.25, 0.3) is 0 Å². The van der Waals surface area contributed by atoms with E-state index in [1.807, 2.05) is 24.3 Å². The van der Waals surface area contributed by atoms with Crippen LogP contribution in [0.1, 0.15) is 24.9 Å². The molecule has 0 spiro atoms. The molecule has 1 atom stereocenters. The second-order valence-corrected chi connectivity index (χ2v) is 4.75. The first kappa shape index (κ1) is 15.3. The van der Waals surface area contributed by atoms with Gasteiger partial charge in [0, 0.05) is 5.69 Å². The first-order valence-electron chi connectivity index (χ1n) is 7.08. The molecule has 4 heteroatoms. The summed E-state index contributed by atoms with van der Waals surface area (Å²) in [7, 11) is 0. The summed E-state index contributed by atoms with van der Waals surface area (Å²) in [5.74, 6) is 0.503. The van der Waals surface area contributed by atoms with Crippen molar-refractivity contribution in [1.29, 1.82) is 0 Å². The van der Waals surface area contributed by atoms with Gasteiger partial charge in [0.25, 0.3) is 0 Å². The lowest BCUT2D eigenvalue weighted by Crippen LogP contribution is -2.09. The average molecular weight is 289 g/mol. The van der Waals surface area contributed by atoms with Crippen LogP contribution in [0.4, 0.5) is 10.1 Å². The van der Waals surface area contributed by atoms with Crippen molar-refractivity contribution in [2.45, 2.75) is 19.4 Å². The normalized spacial score (nSPS) is 12.0. The lowest BCUT2D eigenvalue weighted by Gasteiger charge is -2.19. The molecule has 0 saturated carbocycles. The molecule has 2 aromatic carbocycles. The van der Waals surface area contributed by atoms with Crippen LogP contribution < -0.4 is 10.1 Å². The van der Waals surface area contributed by atoms with Gasteiger partial charge < -0.3 is 15.2 Å². The molecule has 0 radical (unpaired) electrons. The molecule has 0 saturated heterocycles. The zero-order valence-corrected chi connectivity index (χ0v) is 12.1. The fourth-order valence-corrected chi connectivity index (χ4v) is 2.13. The first-order chi connectivity index (χ1) is 10.2. The molecule has 0 aromatic heterocycles. The van der Waals surface area contributed by atoms with Gasteiger partial charge in [-0.3, -0.25) is 0 Å². The van der Waals surface area contributed by atoms with Crippen molar-refractivity contribution in [2.75, 3.05) is 18.5 Å². The van der Waals surface area contributed by atoms with Crippen molar-refractivity contribution in [3.63, 3.8) is 0 Å². The zero-order valence-electron chi connectivity index (χ0n) is 12.1. The standard InChI is InChI=1S/C17H20FNO2/c1-2-17(13-3-5-14(18)6-4-13)19-15-7-9-16(10-8-15)21-12-11-20/h3-10,17,19-20H,2,11-12H2,1H3. The minimum Gasteiger partial charge on any atom is -0.491 e. The van der Waals surface area contributed by atoms with E-state index in [-0.39, 0.29) is 18.5 Å². The van der Waals surface area contributed by atoms with E-state index in [4.69, 9.17) is 9.84 Å². The number of aliphatic hydroxyl groups is 1. The molecule has 0 aliphatic carbocycles. The van der Waals surface area contributed by atoms with E-state index in [0.717, 1.165) is 23.4 Å². The Hall–Kier alpha value is -2.07. The summed E-state index contributed by atoms with van der Waals surface area (Å²) in [5.41, 5.74) is 2.03. The summed E-state index contributed by atoms with van der Waals surface area (Å²) < 4.78 is 18.3. The minimum atomic E-state index is -0.223. The van der Waals surface area contributed by atoms with Crippen LogP contribution >= 0.6 is 0 Å². The van der Waals surface area contributed by atoms with Crippen molar-refractivity contribution >= 4 is 5.69 Å². The number of rotatable bonds is 7. The molecule has 0 fully saturated rings. The van der Waals surface area contributed by atoms with Gasteiger partial charge in [-0.2, -0.15) is 0 Å². The summed E-state index contributed by atoms with van der Waals surface area (Å²) in [6, 6.07) is 14.3. The van der Waals surface area contributed by atoms with Crippen LogP contribution in [0.15, 0.2) is 48.5 Å². The molecule has 0 amide bonds. The lowest BCUT2D eigenvalue weighted by molar-refractivity contribution is 0.201. The molecule has 112 valence electrons. The van der Waals surface area contributed by atoms with Gasteiger partial charge in [-0.1, -0.05) is 19.1 Å². The summed E-state index contributed by atoms with van der Waals surface area (Å²) in [6.45, 7) is 2.38. The first-order valence-corrected chi connectivity index (χ1v) is 7.08. The summed E-state index contributed by atoms with van der Waals surface area (Å²) in [6.07, 6.45) is 0.897. The number of nitrogens with one attached hydrogen (secondary N) is 1. The van der Waals surface area contributed by atoms with Crippen LogP contribution in [0, 0.1) is 5.82 Å². The Bertz CT molecular complexity index is 540. The van der Waals surface area contributed by atoms with Crippen LogP contribution in [0.3, 0.4) is 0 Å². The maximum atomic E-state index is 13.0. The smallest absolute Gasteiger partial charge is 0.123 e. The molecule has 0 bridgehead atoms. The Kier molecular flexibility index (Phi) is 5.58. The van der Waals surface area contributed by atoms with Crippen molar-refractivity contribution < 1.29 is 14.2 Å². The molecule has 0 aliphatic heterocycles. The highest BCUT2D eigenvalue weighted by molar-refractivity contribution is 5.48. The minimum absolute atomic E-state index is 0.00246. The van der Waals surface area contributed by atoms with Crippen molar-refractivity contribution in [1.82, 2.24) is 0 Å². The quantitative estimate of drug-likeness (QED) is 0.815.